The number of nitrogens with zero attached hydrogens (tertiary/aromatic N) is 4. The summed E-state index contributed by atoms with van der Waals surface area (Å²) in [5, 5.41) is 10.1. The van der Waals surface area contributed by atoms with Gasteiger partial charge in [0.15, 0.2) is 11.6 Å². The van der Waals surface area contributed by atoms with Crippen molar-refractivity contribution in [2.24, 2.45) is 0 Å². The minimum atomic E-state index is -0.00452. The van der Waals surface area contributed by atoms with E-state index in [0.717, 1.165) is 60.4 Å². The van der Waals surface area contributed by atoms with E-state index >= 15 is 0 Å². The molecule has 0 radical (unpaired) electrons. The highest BCUT2D eigenvalue weighted by Crippen LogP contribution is 2.41. The quantitative estimate of drug-likeness (QED) is 0.554. The van der Waals surface area contributed by atoms with Gasteiger partial charge in [-0.15, -0.1) is 0 Å². The molecule has 36 heavy (non-hydrogen) atoms. The van der Waals surface area contributed by atoms with Crippen molar-refractivity contribution in [2.75, 3.05) is 39.5 Å². The van der Waals surface area contributed by atoms with Crippen LogP contribution in [0.3, 0.4) is 0 Å². The number of anilines is 1. The first kappa shape index (κ1) is 24.0. The Morgan fingerprint density at radius 3 is 2.53 bits per heavy atom. The molecule has 2 aliphatic rings. The molecule has 1 saturated heterocycles. The number of fused-ring (bicyclic) bond motifs is 1. The minimum Gasteiger partial charge on any atom is -0.504 e. The number of likely N-dealkylation sites (tertiary alicyclic amines) is 1. The van der Waals surface area contributed by atoms with Crippen LogP contribution in [0.15, 0.2) is 54.4 Å². The summed E-state index contributed by atoms with van der Waals surface area (Å²) in [5.41, 5.74) is 13.1. The zero-order valence-electron chi connectivity index (χ0n) is 21.1. The van der Waals surface area contributed by atoms with Crippen molar-refractivity contribution < 1.29 is 9.90 Å². The third kappa shape index (κ3) is 4.58. The largest absolute Gasteiger partial charge is 0.504 e. The van der Waals surface area contributed by atoms with Gasteiger partial charge in [0.25, 0.3) is 5.91 Å². The highest BCUT2D eigenvalue weighted by atomic mass is 16.3. The van der Waals surface area contributed by atoms with Gasteiger partial charge in [0, 0.05) is 55.6 Å². The Kier molecular flexibility index (Phi) is 6.49. The molecule has 0 bridgehead atoms. The van der Waals surface area contributed by atoms with Gasteiger partial charge in [-0.2, -0.15) is 0 Å². The number of pyridine rings is 2. The number of benzene rings is 1. The Balaban J connectivity index is 1.26. The van der Waals surface area contributed by atoms with E-state index < -0.39 is 0 Å². The van der Waals surface area contributed by atoms with Crippen LogP contribution >= 0.6 is 0 Å². The van der Waals surface area contributed by atoms with Gasteiger partial charge >= 0.3 is 0 Å². The fraction of sp³-hybridized carbons (Fsp3) is 0.345. The molecule has 1 aromatic carbocycles. The van der Waals surface area contributed by atoms with Gasteiger partial charge in [0.1, 0.15) is 0 Å². The molecule has 1 aliphatic heterocycles. The van der Waals surface area contributed by atoms with E-state index in [1.54, 1.807) is 31.3 Å². The number of nitrogens with two attached hydrogens (primary N) is 1. The summed E-state index contributed by atoms with van der Waals surface area (Å²) in [6.45, 7) is 5.22. The third-order valence-electron chi connectivity index (χ3n) is 7.55. The SMILES string of the molecule is C[C@@H]1C(CN2CCC(c3ccc(C(=O)N(C)C)cc3)CC2)=Cc2c(-c3cnc(N)c(O)c3)ccnc21. The number of aromatic nitrogens is 2. The third-order valence-corrected chi connectivity index (χ3v) is 7.55. The fourth-order valence-electron chi connectivity index (χ4n) is 5.36. The first-order valence-corrected chi connectivity index (χ1v) is 12.5. The summed E-state index contributed by atoms with van der Waals surface area (Å²) >= 11 is 0. The van der Waals surface area contributed by atoms with E-state index in [2.05, 4.69) is 40.0 Å². The van der Waals surface area contributed by atoms with E-state index in [4.69, 9.17) is 5.73 Å². The number of nitrogen functional groups attached to an aromatic ring is 1. The monoisotopic (exact) mass is 483 g/mol. The molecular formula is C29H33N5O2. The van der Waals surface area contributed by atoms with E-state index in [9.17, 15) is 9.90 Å². The summed E-state index contributed by atoms with van der Waals surface area (Å²) in [6, 6.07) is 11.8. The summed E-state index contributed by atoms with van der Waals surface area (Å²) in [4.78, 5) is 25.1. The second-order valence-electron chi connectivity index (χ2n) is 10.1. The Morgan fingerprint density at radius 1 is 1.14 bits per heavy atom. The van der Waals surface area contributed by atoms with Gasteiger partial charge in [-0.1, -0.05) is 25.1 Å². The number of rotatable bonds is 5. The van der Waals surface area contributed by atoms with Crippen molar-refractivity contribution in [3.63, 3.8) is 0 Å². The highest BCUT2D eigenvalue weighted by molar-refractivity contribution is 5.93. The molecule has 2 aromatic heterocycles. The van der Waals surface area contributed by atoms with Crippen molar-refractivity contribution in [3.05, 3.63) is 76.7 Å². The van der Waals surface area contributed by atoms with E-state index in [0.29, 0.717) is 5.92 Å². The number of carbonyl (C=O) groups excluding carboxylic acids is 1. The van der Waals surface area contributed by atoms with Crippen LogP contribution in [-0.4, -0.2) is 64.5 Å². The molecule has 0 saturated carbocycles. The van der Waals surface area contributed by atoms with Crippen LogP contribution in [0.5, 0.6) is 5.75 Å². The Bertz CT molecular complexity index is 1310. The van der Waals surface area contributed by atoms with E-state index in [-0.39, 0.29) is 23.4 Å². The minimum absolute atomic E-state index is 0.00452. The molecule has 0 spiro atoms. The van der Waals surface area contributed by atoms with Crippen LogP contribution in [0.2, 0.25) is 0 Å². The second kappa shape index (κ2) is 9.74. The summed E-state index contributed by atoms with van der Waals surface area (Å²) in [6.07, 6.45) is 8.01. The number of hydrogen-bond donors (Lipinski definition) is 2. The van der Waals surface area contributed by atoms with Gasteiger partial charge in [0.2, 0.25) is 0 Å². The molecule has 5 rings (SSSR count). The molecule has 7 nitrogen and oxygen atoms in total. The normalized spacial score (nSPS) is 18.1. The number of aromatic hydroxyl groups is 1. The molecule has 1 amide bonds. The van der Waals surface area contributed by atoms with Gasteiger partial charge in [-0.25, -0.2) is 4.98 Å². The maximum Gasteiger partial charge on any atom is 0.253 e. The molecule has 3 N–H and O–H groups in total. The first-order chi connectivity index (χ1) is 17.3. The predicted molar refractivity (Wildman–Crippen MR) is 143 cm³/mol. The molecule has 3 heterocycles. The van der Waals surface area contributed by atoms with Crippen LogP contribution in [-0.2, 0) is 0 Å². The average Bonchev–Trinajstić information content (AvgIpc) is 3.21. The average molecular weight is 484 g/mol. The number of carbonyl (C=O) groups is 1. The fourth-order valence-corrected chi connectivity index (χ4v) is 5.36. The molecule has 7 heteroatoms. The molecule has 186 valence electrons. The smallest absolute Gasteiger partial charge is 0.253 e. The highest BCUT2D eigenvalue weighted by Gasteiger charge is 2.28. The van der Waals surface area contributed by atoms with Gasteiger partial charge in [0.05, 0.1) is 5.69 Å². The molecular weight excluding hydrogens is 450 g/mol. The summed E-state index contributed by atoms with van der Waals surface area (Å²) in [7, 11) is 3.56. The lowest BCUT2D eigenvalue weighted by molar-refractivity contribution is 0.0827. The molecule has 1 fully saturated rings. The van der Waals surface area contributed by atoms with Crippen LogP contribution in [0, 0.1) is 0 Å². The van der Waals surface area contributed by atoms with Crippen molar-refractivity contribution in [3.8, 4) is 16.9 Å². The van der Waals surface area contributed by atoms with Gasteiger partial charge in [-0.3, -0.25) is 14.7 Å². The Morgan fingerprint density at radius 2 is 1.86 bits per heavy atom. The number of hydrogen-bond acceptors (Lipinski definition) is 6. The molecule has 1 atom stereocenters. The molecule has 3 aromatic rings. The van der Waals surface area contributed by atoms with Crippen LogP contribution in [0.4, 0.5) is 5.82 Å². The van der Waals surface area contributed by atoms with Crippen molar-refractivity contribution in [1.82, 2.24) is 19.8 Å². The lowest BCUT2D eigenvalue weighted by Gasteiger charge is -2.33. The van der Waals surface area contributed by atoms with E-state index in [1.807, 2.05) is 24.4 Å². The topological polar surface area (TPSA) is 95.6 Å². The maximum atomic E-state index is 12.2. The zero-order valence-corrected chi connectivity index (χ0v) is 21.1. The van der Waals surface area contributed by atoms with Gasteiger partial charge < -0.3 is 15.7 Å². The first-order valence-electron chi connectivity index (χ1n) is 12.5. The standard InChI is InChI=1S/C29H33N5O2/c1-18-23(14-25-24(8-11-31-27(18)25)22-15-26(35)28(30)32-16-22)17-34-12-9-20(10-13-34)19-4-6-21(7-5-19)29(36)33(2)3/h4-8,11,14-16,18,20,35H,9-10,12-13,17H2,1-3H3,(H2,30,32)/t18-/m1/s1. The van der Waals surface area contributed by atoms with E-state index in [1.165, 1.54) is 11.1 Å². The van der Waals surface area contributed by atoms with Crippen LogP contribution in [0.25, 0.3) is 17.2 Å². The molecule has 1 aliphatic carbocycles. The van der Waals surface area contributed by atoms with Crippen molar-refractivity contribution in [2.45, 2.75) is 31.6 Å². The lowest BCUT2D eigenvalue weighted by Crippen LogP contribution is -2.34. The summed E-state index contributed by atoms with van der Waals surface area (Å²) < 4.78 is 0. The Hall–Kier alpha value is -3.71. The number of amides is 1. The second-order valence-corrected chi connectivity index (χ2v) is 10.1. The Labute approximate surface area is 212 Å². The summed E-state index contributed by atoms with van der Waals surface area (Å²) in [5.74, 6) is 0.940. The van der Waals surface area contributed by atoms with Crippen LogP contribution in [0.1, 0.15) is 58.8 Å². The number of piperidine rings is 1. The van der Waals surface area contributed by atoms with Crippen molar-refractivity contribution >= 4 is 17.8 Å². The maximum absolute atomic E-state index is 12.2. The predicted octanol–water partition coefficient (Wildman–Crippen LogP) is 4.51. The molecule has 0 unspecified atom stereocenters. The zero-order chi connectivity index (χ0) is 25.4. The van der Waals surface area contributed by atoms with Crippen LogP contribution < -0.4 is 5.73 Å². The van der Waals surface area contributed by atoms with Gasteiger partial charge in [-0.05, 0) is 72.8 Å². The van der Waals surface area contributed by atoms with Crippen molar-refractivity contribution in [1.29, 1.82) is 0 Å². The lowest BCUT2D eigenvalue weighted by atomic mass is 9.88.